The van der Waals surface area contributed by atoms with Crippen LogP contribution in [0.3, 0.4) is 0 Å². The molecule has 4 rings (SSSR count). The van der Waals surface area contributed by atoms with Gasteiger partial charge in [0.1, 0.15) is 0 Å². The maximum absolute atomic E-state index is 13.0. The lowest BCUT2D eigenvalue weighted by atomic mass is 10.1. The van der Waals surface area contributed by atoms with E-state index in [9.17, 15) is 9.59 Å². The molecule has 0 aromatic carbocycles. The van der Waals surface area contributed by atoms with Gasteiger partial charge >= 0.3 is 0 Å². The Labute approximate surface area is 156 Å². The maximum atomic E-state index is 13.0. The van der Waals surface area contributed by atoms with Crippen LogP contribution in [0.2, 0.25) is 0 Å². The topological polar surface area (TPSA) is 92.7 Å². The molecule has 1 aliphatic rings. The van der Waals surface area contributed by atoms with Gasteiger partial charge in [0, 0.05) is 36.5 Å². The lowest BCUT2D eigenvalue weighted by molar-refractivity contribution is 0.0952. The number of carbonyl (C=O) groups excluding carboxylic acids is 1. The highest BCUT2D eigenvalue weighted by Gasteiger charge is 2.28. The number of rotatable bonds is 4. The molecule has 1 fully saturated rings. The first-order valence-corrected chi connectivity index (χ1v) is 9.17. The molecule has 3 aromatic heterocycles. The Hall–Kier alpha value is -2.96. The standard InChI is InChI=1S/C20H23N5O2/c1-10-7-11(2)22-20(27)15(10)9-21-19(26)14-8-16(13-5-6-13)23-18-17(14)12(3)24-25(18)4/h7-8,13H,5-6,9H2,1-4H3,(H,21,26)(H,22,27). The highest BCUT2D eigenvalue weighted by Crippen LogP contribution is 2.40. The smallest absolute Gasteiger partial charge is 0.253 e. The summed E-state index contributed by atoms with van der Waals surface area (Å²) in [6.07, 6.45) is 2.21. The molecule has 3 aromatic rings. The lowest BCUT2D eigenvalue weighted by Crippen LogP contribution is -2.28. The summed E-state index contributed by atoms with van der Waals surface area (Å²) in [7, 11) is 1.84. The van der Waals surface area contributed by atoms with E-state index >= 15 is 0 Å². The van der Waals surface area contributed by atoms with Crippen LogP contribution in [0.4, 0.5) is 0 Å². The molecule has 1 saturated carbocycles. The molecular weight excluding hydrogens is 342 g/mol. The molecule has 0 radical (unpaired) electrons. The van der Waals surface area contributed by atoms with E-state index in [1.165, 1.54) is 0 Å². The normalized spacial score (nSPS) is 13.9. The Morgan fingerprint density at radius 2 is 2.04 bits per heavy atom. The van der Waals surface area contributed by atoms with Crippen molar-refractivity contribution in [3.05, 3.63) is 56.3 Å². The van der Waals surface area contributed by atoms with Crippen LogP contribution < -0.4 is 10.9 Å². The number of aryl methyl sites for hydroxylation is 4. The summed E-state index contributed by atoms with van der Waals surface area (Å²) in [5, 5.41) is 8.11. The number of aromatic amines is 1. The van der Waals surface area contributed by atoms with Crippen LogP contribution in [0.15, 0.2) is 16.9 Å². The van der Waals surface area contributed by atoms with E-state index in [0.717, 1.165) is 46.5 Å². The fourth-order valence-electron chi connectivity index (χ4n) is 3.60. The molecule has 0 saturated heterocycles. The molecule has 2 N–H and O–H groups in total. The second kappa shape index (κ2) is 6.33. The van der Waals surface area contributed by atoms with E-state index < -0.39 is 0 Å². The zero-order chi connectivity index (χ0) is 19.3. The van der Waals surface area contributed by atoms with Gasteiger partial charge in [-0.15, -0.1) is 0 Å². The van der Waals surface area contributed by atoms with Crippen molar-refractivity contribution in [2.45, 2.75) is 46.1 Å². The summed E-state index contributed by atoms with van der Waals surface area (Å²) in [6, 6.07) is 3.79. The van der Waals surface area contributed by atoms with Crippen molar-refractivity contribution < 1.29 is 4.79 Å². The van der Waals surface area contributed by atoms with E-state index in [-0.39, 0.29) is 18.0 Å². The van der Waals surface area contributed by atoms with Gasteiger partial charge in [-0.3, -0.25) is 14.3 Å². The quantitative estimate of drug-likeness (QED) is 0.742. The molecule has 3 heterocycles. The Morgan fingerprint density at radius 1 is 1.30 bits per heavy atom. The number of aromatic nitrogens is 4. The van der Waals surface area contributed by atoms with Crippen LogP contribution in [0.1, 0.15) is 57.3 Å². The van der Waals surface area contributed by atoms with Crippen LogP contribution in [0, 0.1) is 20.8 Å². The minimum atomic E-state index is -0.209. The largest absolute Gasteiger partial charge is 0.348 e. The van der Waals surface area contributed by atoms with Gasteiger partial charge in [0.2, 0.25) is 0 Å². The van der Waals surface area contributed by atoms with Crippen molar-refractivity contribution in [1.29, 1.82) is 0 Å². The predicted molar refractivity (Wildman–Crippen MR) is 103 cm³/mol. The zero-order valence-corrected chi connectivity index (χ0v) is 16.0. The first-order valence-electron chi connectivity index (χ1n) is 9.17. The third kappa shape index (κ3) is 3.13. The molecular formula is C20H23N5O2. The van der Waals surface area contributed by atoms with E-state index in [0.29, 0.717) is 17.0 Å². The number of amides is 1. The van der Waals surface area contributed by atoms with Gasteiger partial charge in [0.25, 0.3) is 11.5 Å². The third-order valence-electron chi connectivity index (χ3n) is 5.15. The molecule has 0 atom stereocenters. The fraction of sp³-hybridized carbons (Fsp3) is 0.400. The molecule has 1 aliphatic carbocycles. The molecule has 0 unspecified atom stereocenters. The van der Waals surface area contributed by atoms with Crippen LogP contribution in [0.5, 0.6) is 0 Å². The number of nitrogens with zero attached hydrogens (tertiary/aromatic N) is 3. The summed E-state index contributed by atoms with van der Waals surface area (Å²) < 4.78 is 1.72. The van der Waals surface area contributed by atoms with Gasteiger partial charge in [0.15, 0.2) is 5.65 Å². The number of hydrogen-bond donors (Lipinski definition) is 2. The lowest BCUT2D eigenvalue weighted by Gasteiger charge is -2.10. The molecule has 27 heavy (non-hydrogen) atoms. The highest BCUT2D eigenvalue weighted by molar-refractivity contribution is 6.06. The molecule has 7 heteroatoms. The molecule has 0 aliphatic heterocycles. The maximum Gasteiger partial charge on any atom is 0.253 e. The molecule has 1 amide bonds. The average Bonchev–Trinajstić information content (AvgIpc) is 3.40. The van der Waals surface area contributed by atoms with Crippen molar-refractivity contribution in [2.24, 2.45) is 7.05 Å². The predicted octanol–water partition coefficient (Wildman–Crippen LogP) is 2.39. The second-order valence-electron chi connectivity index (χ2n) is 7.40. The number of H-pyrrole nitrogens is 1. The van der Waals surface area contributed by atoms with Crippen molar-refractivity contribution in [3.63, 3.8) is 0 Å². The summed E-state index contributed by atoms with van der Waals surface area (Å²) in [5.74, 6) is 0.220. The van der Waals surface area contributed by atoms with E-state index in [1.807, 2.05) is 40.0 Å². The van der Waals surface area contributed by atoms with Crippen molar-refractivity contribution in [3.8, 4) is 0 Å². The van der Waals surface area contributed by atoms with Crippen molar-refractivity contribution in [1.82, 2.24) is 25.1 Å². The number of nitrogens with one attached hydrogen (secondary N) is 2. The second-order valence-corrected chi connectivity index (χ2v) is 7.40. The van der Waals surface area contributed by atoms with Gasteiger partial charge in [-0.1, -0.05) is 0 Å². The third-order valence-corrected chi connectivity index (χ3v) is 5.15. The minimum Gasteiger partial charge on any atom is -0.348 e. The fourth-order valence-corrected chi connectivity index (χ4v) is 3.60. The Bertz CT molecular complexity index is 1120. The number of hydrogen-bond acceptors (Lipinski definition) is 4. The van der Waals surface area contributed by atoms with Gasteiger partial charge in [-0.05, 0) is 51.3 Å². The zero-order valence-electron chi connectivity index (χ0n) is 16.0. The van der Waals surface area contributed by atoms with Gasteiger partial charge < -0.3 is 10.3 Å². The van der Waals surface area contributed by atoms with E-state index in [2.05, 4.69) is 15.4 Å². The number of carbonyl (C=O) groups is 1. The van der Waals surface area contributed by atoms with Gasteiger partial charge in [-0.2, -0.15) is 5.10 Å². The number of pyridine rings is 2. The SMILES string of the molecule is Cc1cc(C)c(CNC(=O)c2cc(C3CC3)nc3c2c(C)nn3C)c(=O)[nH]1. The summed E-state index contributed by atoms with van der Waals surface area (Å²) in [4.78, 5) is 32.7. The summed E-state index contributed by atoms with van der Waals surface area (Å²) in [6.45, 7) is 5.79. The van der Waals surface area contributed by atoms with Crippen molar-refractivity contribution >= 4 is 16.9 Å². The molecule has 7 nitrogen and oxygen atoms in total. The molecule has 140 valence electrons. The van der Waals surface area contributed by atoms with E-state index in [1.54, 1.807) is 4.68 Å². The first-order chi connectivity index (χ1) is 12.8. The molecule has 0 spiro atoms. The van der Waals surface area contributed by atoms with Gasteiger partial charge in [-0.25, -0.2) is 4.98 Å². The Kier molecular flexibility index (Phi) is 4.09. The van der Waals surface area contributed by atoms with Crippen molar-refractivity contribution in [2.75, 3.05) is 0 Å². The Morgan fingerprint density at radius 3 is 2.70 bits per heavy atom. The number of fused-ring (bicyclic) bond motifs is 1. The van der Waals surface area contributed by atoms with Crippen LogP contribution in [0.25, 0.3) is 11.0 Å². The minimum absolute atomic E-state index is 0.163. The van der Waals surface area contributed by atoms with Gasteiger partial charge in [0.05, 0.1) is 16.6 Å². The summed E-state index contributed by atoms with van der Waals surface area (Å²) in [5.41, 5.74) is 5.11. The monoisotopic (exact) mass is 365 g/mol. The highest BCUT2D eigenvalue weighted by atomic mass is 16.1. The first kappa shape index (κ1) is 17.5. The Balaban J connectivity index is 1.70. The molecule has 0 bridgehead atoms. The van der Waals surface area contributed by atoms with Crippen LogP contribution in [-0.4, -0.2) is 25.7 Å². The average molecular weight is 365 g/mol. The van der Waals surface area contributed by atoms with Crippen LogP contribution >= 0.6 is 0 Å². The van der Waals surface area contributed by atoms with E-state index in [4.69, 9.17) is 4.98 Å². The van der Waals surface area contributed by atoms with Crippen LogP contribution in [-0.2, 0) is 13.6 Å². The summed E-state index contributed by atoms with van der Waals surface area (Å²) >= 11 is 0.